The fraction of sp³-hybridized carbons (Fsp3) is 0.111. The monoisotopic (exact) mass is 179 g/mol. The normalized spacial score (nSPS) is 9.31. The second-order valence-electron chi connectivity index (χ2n) is 2.53. The highest BCUT2D eigenvalue weighted by Crippen LogP contribution is 2.15. The summed E-state index contributed by atoms with van der Waals surface area (Å²) in [6.45, 7) is 1.30. The largest absolute Gasteiger partial charge is 0.503 e. The van der Waals surface area contributed by atoms with Gasteiger partial charge in [-0.05, 0) is 12.1 Å². The van der Waals surface area contributed by atoms with E-state index in [0.717, 1.165) is 0 Å². The van der Waals surface area contributed by atoms with Crippen molar-refractivity contribution in [2.75, 3.05) is 5.32 Å². The highest BCUT2D eigenvalue weighted by molar-refractivity contribution is 5.90. The molecule has 0 saturated carbocycles. The third-order valence-electron chi connectivity index (χ3n) is 1.42. The van der Waals surface area contributed by atoms with Gasteiger partial charge in [0.25, 0.3) is 0 Å². The summed E-state index contributed by atoms with van der Waals surface area (Å²) in [6, 6.07) is 5.73. The molecule has 0 radical (unpaired) electrons. The average molecular weight is 179 g/mol. The van der Waals surface area contributed by atoms with E-state index in [2.05, 4.69) is 5.32 Å². The molecule has 0 aromatic heterocycles. The number of hydrogen-bond donors (Lipinski definition) is 2. The summed E-state index contributed by atoms with van der Waals surface area (Å²) in [5.41, 5.74) is -0.392. The number of hydrogen-bond acceptors (Lipinski definition) is 3. The molecule has 0 atom stereocenters. The topological polar surface area (TPSA) is 66.4 Å². The van der Waals surface area contributed by atoms with Crippen molar-refractivity contribution in [3.8, 4) is 5.75 Å². The van der Waals surface area contributed by atoms with Crippen LogP contribution >= 0.6 is 0 Å². The highest BCUT2D eigenvalue weighted by atomic mass is 16.3. The fourth-order valence-corrected chi connectivity index (χ4v) is 0.876. The second-order valence-corrected chi connectivity index (χ2v) is 2.53. The van der Waals surface area contributed by atoms with Gasteiger partial charge in [0.1, 0.15) is 0 Å². The molecule has 1 aromatic rings. The molecule has 13 heavy (non-hydrogen) atoms. The highest BCUT2D eigenvalue weighted by Gasteiger charge is 2.02. The first kappa shape index (κ1) is 9.25. The summed E-state index contributed by atoms with van der Waals surface area (Å²) in [6.07, 6.45) is 0. The third-order valence-corrected chi connectivity index (χ3v) is 1.42. The van der Waals surface area contributed by atoms with E-state index in [1.165, 1.54) is 25.1 Å². The smallest absolute Gasteiger partial charge is 0.222 e. The van der Waals surface area contributed by atoms with Crippen molar-refractivity contribution in [1.82, 2.24) is 0 Å². The number of rotatable bonds is 1. The van der Waals surface area contributed by atoms with Crippen LogP contribution in [-0.4, -0.2) is 11.0 Å². The molecular weight excluding hydrogens is 170 g/mol. The summed E-state index contributed by atoms with van der Waals surface area (Å²) in [5.74, 6) is -0.777. The van der Waals surface area contributed by atoms with E-state index in [4.69, 9.17) is 0 Å². The Morgan fingerprint density at radius 1 is 1.38 bits per heavy atom. The van der Waals surface area contributed by atoms with Crippen LogP contribution in [0.2, 0.25) is 0 Å². The molecule has 2 N–H and O–H groups in total. The molecule has 0 fully saturated rings. The van der Waals surface area contributed by atoms with Gasteiger partial charge in [-0.3, -0.25) is 9.59 Å². The molecule has 0 aliphatic heterocycles. The lowest BCUT2D eigenvalue weighted by Crippen LogP contribution is -2.07. The Balaban J connectivity index is 3.23. The molecule has 1 amide bonds. The first-order valence-electron chi connectivity index (χ1n) is 3.71. The Kier molecular flexibility index (Phi) is 2.64. The molecule has 0 aliphatic carbocycles. The van der Waals surface area contributed by atoms with Crippen LogP contribution in [0.5, 0.6) is 5.75 Å². The van der Waals surface area contributed by atoms with Gasteiger partial charge in [0, 0.05) is 6.92 Å². The minimum absolute atomic E-state index is 0.127. The number of amides is 1. The number of nitrogens with one attached hydrogen (secondary N) is 1. The van der Waals surface area contributed by atoms with Crippen LogP contribution in [0.15, 0.2) is 29.1 Å². The van der Waals surface area contributed by atoms with Gasteiger partial charge in [-0.15, -0.1) is 0 Å². The van der Waals surface area contributed by atoms with E-state index in [9.17, 15) is 14.7 Å². The molecule has 0 unspecified atom stereocenters. The van der Waals surface area contributed by atoms with Gasteiger partial charge in [-0.1, -0.05) is 12.1 Å². The van der Waals surface area contributed by atoms with Crippen LogP contribution in [0.3, 0.4) is 0 Å². The lowest BCUT2D eigenvalue weighted by Gasteiger charge is -1.99. The Bertz CT molecular complexity index is 387. The van der Waals surface area contributed by atoms with E-state index in [0.29, 0.717) is 0 Å². The van der Waals surface area contributed by atoms with Crippen molar-refractivity contribution in [1.29, 1.82) is 0 Å². The van der Waals surface area contributed by atoms with Gasteiger partial charge >= 0.3 is 0 Å². The SMILES string of the molecule is CC(=O)Nc1ccccc(=O)c1O. The Hall–Kier alpha value is -1.84. The van der Waals surface area contributed by atoms with Crippen molar-refractivity contribution in [2.24, 2.45) is 0 Å². The van der Waals surface area contributed by atoms with Crippen molar-refractivity contribution >= 4 is 11.6 Å². The quantitative estimate of drug-likeness (QED) is 0.667. The van der Waals surface area contributed by atoms with E-state index >= 15 is 0 Å². The number of carbonyl (C=O) groups is 1. The van der Waals surface area contributed by atoms with Gasteiger partial charge in [0.15, 0.2) is 5.75 Å². The zero-order chi connectivity index (χ0) is 9.84. The van der Waals surface area contributed by atoms with Gasteiger partial charge in [-0.25, -0.2) is 0 Å². The first-order valence-corrected chi connectivity index (χ1v) is 3.71. The Morgan fingerprint density at radius 3 is 2.62 bits per heavy atom. The van der Waals surface area contributed by atoms with Gasteiger partial charge in [-0.2, -0.15) is 0 Å². The average Bonchev–Trinajstić information content (AvgIpc) is 2.19. The van der Waals surface area contributed by atoms with Gasteiger partial charge in [0.2, 0.25) is 11.3 Å². The summed E-state index contributed by atoms with van der Waals surface area (Å²) in [5, 5.41) is 11.6. The van der Waals surface area contributed by atoms with Crippen molar-refractivity contribution in [3.63, 3.8) is 0 Å². The second kappa shape index (κ2) is 3.71. The van der Waals surface area contributed by atoms with E-state index in [1.807, 2.05) is 0 Å². The van der Waals surface area contributed by atoms with Crippen molar-refractivity contribution < 1.29 is 9.90 Å². The third kappa shape index (κ3) is 2.30. The number of aromatic hydroxyl groups is 1. The number of anilines is 1. The molecule has 0 heterocycles. The van der Waals surface area contributed by atoms with Crippen LogP contribution in [0.25, 0.3) is 0 Å². The zero-order valence-corrected chi connectivity index (χ0v) is 7.07. The molecule has 1 rings (SSSR count). The lowest BCUT2D eigenvalue weighted by molar-refractivity contribution is -0.114. The van der Waals surface area contributed by atoms with Crippen molar-refractivity contribution in [3.05, 3.63) is 34.5 Å². The van der Waals surface area contributed by atoms with E-state index in [1.54, 1.807) is 6.07 Å². The molecule has 1 aromatic carbocycles. The molecule has 4 heteroatoms. The Labute approximate surface area is 74.8 Å². The molecule has 0 spiro atoms. The van der Waals surface area contributed by atoms with Crippen LogP contribution in [0, 0.1) is 0 Å². The van der Waals surface area contributed by atoms with Crippen LogP contribution in [-0.2, 0) is 4.79 Å². The van der Waals surface area contributed by atoms with Gasteiger partial charge in [0.05, 0.1) is 5.69 Å². The molecule has 4 nitrogen and oxygen atoms in total. The predicted octanol–water partition coefficient (Wildman–Crippen LogP) is 0.711. The maximum Gasteiger partial charge on any atom is 0.222 e. The summed E-state index contributed by atoms with van der Waals surface area (Å²) >= 11 is 0. The van der Waals surface area contributed by atoms with Crippen LogP contribution < -0.4 is 10.7 Å². The van der Waals surface area contributed by atoms with Crippen LogP contribution in [0.4, 0.5) is 5.69 Å². The maximum absolute atomic E-state index is 11.0. The summed E-state index contributed by atoms with van der Waals surface area (Å²) in [7, 11) is 0. The van der Waals surface area contributed by atoms with Gasteiger partial charge < -0.3 is 10.4 Å². The fourth-order valence-electron chi connectivity index (χ4n) is 0.876. The van der Waals surface area contributed by atoms with E-state index in [-0.39, 0.29) is 11.6 Å². The number of carbonyl (C=O) groups excluding carboxylic acids is 1. The zero-order valence-electron chi connectivity index (χ0n) is 7.07. The van der Waals surface area contributed by atoms with Crippen molar-refractivity contribution in [2.45, 2.75) is 6.92 Å². The molecule has 0 aliphatic rings. The van der Waals surface area contributed by atoms with Crippen LogP contribution in [0.1, 0.15) is 6.92 Å². The summed E-state index contributed by atoms with van der Waals surface area (Å²) in [4.78, 5) is 21.7. The molecule has 68 valence electrons. The first-order chi connectivity index (χ1) is 6.11. The molecule has 0 saturated heterocycles. The maximum atomic E-state index is 11.0. The lowest BCUT2D eigenvalue weighted by atomic mass is 10.4. The summed E-state index contributed by atoms with van der Waals surface area (Å²) < 4.78 is 0. The molecule has 0 bridgehead atoms. The van der Waals surface area contributed by atoms with E-state index < -0.39 is 11.2 Å². The standard InChI is InChI=1S/C9H9NO3/c1-6(11)10-7-4-2-3-5-8(12)9(7)13/h2-5H,1H3,(H2,10,11,12,13). The minimum Gasteiger partial charge on any atom is -0.503 e. The predicted molar refractivity (Wildman–Crippen MR) is 48.7 cm³/mol. The Morgan fingerprint density at radius 2 is 2.00 bits per heavy atom. The minimum atomic E-state index is -0.520. The molecular formula is C9H9NO3.